The number of thioether (sulfide) groups is 1. The molecule has 1 aliphatic rings. The topological polar surface area (TPSA) is 56.7 Å². The van der Waals surface area contributed by atoms with E-state index in [0.29, 0.717) is 11.9 Å². The lowest BCUT2D eigenvalue weighted by Crippen LogP contribution is -2.51. The monoisotopic (exact) mass is 484 g/mol. The van der Waals surface area contributed by atoms with Gasteiger partial charge in [0, 0.05) is 43.4 Å². The number of nitrogens with zero attached hydrogens (tertiary/aromatic N) is 2. The van der Waals surface area contributed by atoms with Crippen LogP contribution in [0.4, 0.5) is 0 Å². The summed E-state index contributed by atoms with van der Waals surface area (Å²) in [5, 5.41) is 6.93. The molecule has 0 atom stereocenters. The second kappa shape index (κ2) is 12.3. The molecule has 0 aromatic carbocycles. The Bertz CT molecular complexity index is 419. The molecule has 0 saturated carbocycles. The fourth-order valence-corrected chi connectivity index (χ4v) is 3.11. The van der Waals surface area contributed by atoms with E-state index in [2.05, 4.69) is 49.6 Å². The first-order chi connectivity index (χ1) is 11.4. The number of guanidine groups is 1. The van der Waals surface area contributed by atoms with Crippen molar-refractivity contribution in [1.82, 2.24) is 15.5 Å². The Hall–Kier alpha value is -0.180. The Labute approximate surface area is 175 Å². The summed E-state index contributed by atoms with van der Waals surface area (Å²) in [6.07, 6.45) is 5.98. The minimum absolute atomic E-state index is 0. The van der Waals surface area contributed by atoms with Gasteiger partial charge in [0.1, 0.15) is 0 Å². The summed E-state index contributed by atoms with van der Waals surface area (Å²) < 4.78 is 0.183. The molecule has 1 fully saturated rings. The average Bonchev–Trinajstić information content (AvgIpc) is 2.60. The van der Waals surface area contributed by atoms with E-state index in [1.165, 1.54) is 0 Å². The number of hydrogen-bond donors (Lipinski definition) is 2. The van der Waals surface area contributed by atoms with E-state index < -0.39 is 0 Å². The maximum atomic E-state index is 12.5. The van der Waals surface area contributed by atoms with Gasteiger partial charge in [0.2, 0.25) is 5.91 Å². The van der Waals surface area contributed by atoms with Gasteiger partial charge in [0.15, 0.2) is 5.96 Å². The molecule has 5 nitrogen and oxygen atoms in total. The molecule has 0 aromatic rings. The lowest BCUT2D eigenvalue weighted by molar-refractivity contribution is -0.136. The van der Waals surface area contributed by atoms with Crippen LogP contribution in [0.2, 0.25) is 0 Å². The summed E-state index contributed by atoms with van der Waals surface area (Å²) in [7, 11) is 1.81. The second-order valence-corrected chi connectivity index (χ2v) is 8.66. The summed E-state index contributed by atoms with van der Waals surface area (Å²) in [6, 6.07) is 0.388. The zero-order valence-corrected chi connectivity index (χ0v) is 19.9. The van der Waals surface area contributed by atoms with Crippen molar-refractivity contribution in [3.8, 4) is 0 Å². The number of halogens is 1. The molecule has 1 heterocycles. The van der Waals surface area contributed by atoms with Crippen molar-refractivity contribution in [3.05, 3.63) is 0 Å². The van der Waals surface area contributed by atoms with Gasteiger partial charge in [-0.15, -0.1) is 24.0 Å². The lowest BCUT2D eigenvalue weighted by Gasteiger charge is -2.35. The summed E-state index contributed by atoms with van der Waals surface area (Å²) in [6.45, 7) is 11.2. The van der Waals surface area contributed by atoms with E-state index >= 15 is 0 Å². The minimum atomic E-state index is 0. The average molecular weight is 484 g/mol. The number of carbonyl (C=O) groups excluding carboxylic acids is 1. The summed E-state index contributed by atoms with van der Waals surface area (Å²) >= 11 is 1.85. The zero-order chi connectivity index (χ0) is 18.2. The van der Waals surface area contributed by atoms with Crippen LogP contribution in [0, 0.1) is 5.92 Å². The molecular formula is C18H37IN4OS. The van der Waals surface area contributed by atoms with Crippen LogP contribution >= 0.6 is 35.7 Å². The number of aliphatic imine (C=N–C) groups is 1. The second-order valence-electron chi connectivity index (χ2n) is 7.15. The molecule has 0 aromatic heterocycles. The van der Waals surface area contributed by atoms with Crippen LogP contribution in [0.25, 0.3) is 0 Å². The number of carbonyl (C=O) groups is 1. The Balaban J connectivity index is 0.00000576. The number of likely N-dealkylation sites (tertiary alicyclic amines) is 1. The van der Waals surface area contributed by atoms with Crippen molar-refractivity contribution < 1.29 is 4.79 Å². The molecule has 0 bridgehead atoms. The van der Waals surface area contributed by atoms with Gasteiger partial charge < -0.3 is 15.5 Å². The molecule has 0 spiro atoms. The fourth-order valence-electron chi connectivity index (χ4n) is 2.90. The van der Waals surface area contributed by atoms with Crippen molar-refractivity contribution in [2.75, 3.05) is 32.9 Å². The van der Waals surface area contributed by atoms with Crippen molar-refractivity contribution in [2.45, 2.75) is 64.2 Å². The zero-order valence-electron chi connectivity index (χ0n) is 16.7. The summed E-state index contributed by atoms with van der Waals surface area (Å²) in [5.74, 6) is 1.39. The Morgan fingerprint density at radius 2 is 1.84 bits per heavy atom. The SMILES string of the molecule is CCC(CC)C(=O)N1CCC(NC(=NC)NCC(C)(C)SC)CC1.I. The Morgan fingerprint density at radius 1 is 1.28 bits per heavy atom. The van der Waals surface area contributed by atoms with E-state index in [0.717, 1.165) is 51.3 Å². The predicted octanol–water partition coefficient (Wildman–Crippen LogP) is 3.34. The van der Waals surface area contributed by atoms with E-state index in [1.54, 1.807) is 0 Å². The molecular weight excluding hydrogens is 447 g/mol. The molecule has 0 radical (unpaired) electrons. The molecule has 2 N–H and O–H groups in total. The lowest BCUT2D eigenvalue weighted by atomic mass is 9.98. The van der Waals surface area contributed by atoms with Crippen LogP contribution in [0.3, 0.4) is 0 Å². The first-order valence-electron chi connectivity index (χ1n) is 9.18. The van der Waals surface area contributed by atoms with E-state index in [1.807, 2.05) is 23.7 Å². The smallest absolute Gasteiger partial charge is 0.225 e. The quantitative estimate of drug-likeness (QED) is 0.331. The predicted molar refractivity (Wildman–Crippen MR) is 121 cm³/mol. The van der Waals surface area contributed by atoms with Gasteiger partial charge >= 0.3 is 0 Å². The first kappa shape index (κ1) is 24.8. The molecule has 148 valence electrons. The largest absolute Gasteiger partial charge is 0.355 e. The Morgan fingerprint density at radius 3 is 2.28 bits per heavy atom. The maximum Gasteiger partial charge on any atom is 0.225 e. The van der Waals surface area contributed by atoms with Crippen molar-refractivity contribution in [3.63, 3.8) is 0 Å². The number of piperidine rings is 1. The molecule has 7 heteroatoms. The summed E-state index contributed by atoms with van der Waals surface area (Å²) in [5.41, 5.74) is 0. The van der Waals surface area contributed by atoms with Gasteiger partial charge in [-0.1, -0.05) is 13.8 Å². The third-order valence-electron chi connectivity index (χ3n) is 4.94. The molecule has 1 rings (SSSR count). The van der Waals surface area contributed by atoms with Crippen LogP contribution < -0.4 is 10.6 Å². The maximum absolute atomic E-state index is 12.5. The van der Waals surface area contributed by atoms with Gasteiger partial charge in [-0.3, -0.25) is 9.79 Å². The van der Waals surface area contributed by atoms with Crippen molar-refractivity contribution >= 4 is 47.6 Å². The van der Waals surface area contributed by atoms with Crippen LogP contribution in [0.15, 0.2) is 4.99 Å². The third-order valence-corrected chi connectivity index (χ3v) is 6.19. The van der Waals surface area contributed by atoms with Crippen LogP contribution in [-0.4, -0.2) is 60.5 Å². The van der Waals surface area contributed by atoms with Crippen LogP contribution in [0.5, 0.6) is 0 Å². The normalized spacial score (nSPS) is 16.6. The summed E-state index contributed by atoms with van der Waals surface area (Å²) in [4.78, 5) is 18.8. The number of nitrogens with one attached hydrogen (secondary N) is 2. The van der Waals surface area contributed by atoms with Crippen LogP contribution in [0.1, 0.15) is 53.4 Å². The number of rotatable bonds is 7. The number of amides is 1. The highest BCUT2D eigenvalue weighted by molar-refractivity contribution is 14.0. The standard InChI is InChI=1S/C18H36N4OS.HI/c1-7-14(8-2)16(23)22-11-9-15(10-12-22)21-17(19-5)20-13-18(3,4)24-6;/h14-15H,7-13H2,1-6H3,(H2,19,20,21);1H. The Kier molecular flexibility index (Phi) is 12.2. The van der Waals surface area contributed by atoms with Crippen molar-refractivity contribution in [2.24, 2.45) is 10.9 Å². The highest BCUT2D eigenvalue weighted by atomic mass is 127. The first-order valence-corrected chi connectivity index (χ1v) is 10.4. The number of hydrogen-bond acceptors (Lipinski definition) is 3. The highest BCUT2D eigenvalue weighted by Crippen LogP contribution is 2.20. The van der Waals surface area contributed by atoms with Gasteiger partial charge in [0.05, 0.1) is 0 Å². The highest BCUT2D eigenvalue weighted by Gasteiger charge is 2.27. The minimum Gasteiger partial charge on any atom is -0.355 e. The van der Waals surface area contributed by atoms with E-state index in [4.69, 9.17) is 0 Å². The molecule has 25 heavy (non-hydrogen) atoms. The van der Waals surface area contributed by atoms with Gasteiger partial charge in [-0.2, -0.15) is 11.8 Å². The molecule has 1 aliphatic heterocycles. The van der Waals surface area contributed by atoms with E-state index in [-0.39, 0.29) is 34.6 Å². The van der Waals surface area contributed by atoms with E-state index in [9.17, 15) is 4.79 Å². The van der Waals surface area contributed by atoms with Gasteiger partial charge in [-0.05, 0) is 45.8 Å². The molecule has 0 aliphatic carbocycles. The molecule has 1 saturated heterocycles. The van der Waals surface area contributed by atoms with Gasteiger partial charge in [-0.25, -0.2) is 0 Å². The third kappa shape index (κ3) is 8.37. The fraction of sp³-hybridized carbons (Fsp3) is 0.889. The van der Waals surface area contributed by atoms with Gasteiger partial charge in [0.25, 0.3) is 0 Å². The molecule has 0 unspecified atom stereocenters. The molecule has 1 amide bonds. The van der Waals surface area contributed by atoms with Crippen LogP contribution in [-0.2, 0) is 4.79 Å². The van der Waals surface area contributed by atoms with Crippen molar-refractivity contribution in [1.29, 1.82) is 0 Å².